The molecule has 0 aliphatic carbocycles. The largest absolute Gasteiger partial charge is 0.309 e. The van der Waals surface area contributed by atoms with E-state index in [1.54, 1.807) is 0 Å². The third-order valence-corrected chi connectivity index (χ3v) is 6.44. The third kappa shape index (κ3) is 2.32. The Labute approximate surface area is 180 Å². The molecule has 146 valence electrons. The second-order valence-electron chi connectivity index (χ2n) is 8.17. The Bertz CT molecular complexity index is 1600. The Balaban J connectivity index is 1.50. The zero-order valence-corrected chi connectivity index (χ0v) is 16.9. The fourth-order valence-corrected chi connectivity index (χ4v) is 5.07. The number of imidazole rings is 1. The first-order valence-corrected chi connectivity index (χ1v) is 10.7. The molecule has 0 N–H and O–H groups in total. The lowest BCUT2D eigenvalue weighted by Gasteiger charge is -2.07. The Kier molecular flexibility index (Phi) is 3.33. The van der Waals surface area contributed by atoms with E-state index < -0.39 is 0 Å². The van der Waals surface area contributed by atoms with Gasteiger partial charge in [-0.3, -0.25) is 0 Å². The van der Waals surface area contributed by atoms with E-state index in [9.17, 15) is 0 Å². The Morgan fingerprint density at radius 3 is 2.35 bits per heavy atom. The molecular formula is C28H20N3+. The van der Waals surface area contributed by atoms with Gasteiger partial charge in [0.2, 0.25) is 0 Å². The molecule has 1 aliphatic heterocycles. The van der Waals surface area contributed by atoms with Crippen molar-refractivity contribution >= 4 is 21.8 Å². The molecule has 4 aromatic carbocycles. The maximum absolute atomic E-state index is 2.36. The highest BCUT2D eigenvalue weighted by Crippen LogP contribution is 2.35. The molecule has 0 saturated heterocycles. The Morgan fingerprint density at radius 1 is 0.645 bits per heavy atom. The van der Waals surface area contributed by atoms with Gasteiger partial charge >= 0.3 is 0 Å². The lowest BCUT2D eigenvalue weighted by Crippen LogP contribution is -2.29. The second kappa shape index (κ2) is 6.19. The van der Waals surface area contributed by atoms with Crippen LogP contribution in [0.25, 0.3) is 44.6 Å². The minimum Gasteiger partial charge on any atom is -0.309 e. The highest BCUT2D eigenvalue weighted by Gasteiger charge is 2.29. The van der Waals surface area contributed by atoms with E-state index in [2.05, 4.69) is 123 Å². The molecule has 6 aromatic rings. The van der Waals surface area contributed by atoms with Gasteiger partial charge in [-0.1, -0.05) is 54.6 Å². The van der Waals surface area contributed by atoms with Crippen LogP contribution >= 0.6 is 0 Å². The fraction of sp³-hybridized carbons (Fsp3) is 0.0357. The van der Waals surface area contributed by atoms with E-state index in [0.29, 0.717) is 0 Å². The summed E-state index contributed by atoms with van der Waals surface area (Å²) in [5.41, 5.74) is 7.54. The average molecular weight is 398 g/mol. The molecule has 0 atom stereocenters. The molecule has 0 radical (unpaired) electrons. The van der Waals surface area contributed by atoms with Gasteiger partial charge in [0.25, 0.3) is 5.82 Å². The summed E-state index contributed by atoms with van der Waals surface area (Å²) in [7, 11) is 0. The SMILES string of the molecule is c1ccc(-n2c3ccccc3c3cc(-n4cc[n+]5c4-c4ccccc4C5)ccc32)cc1. The van der Waals surface area contributed by atoms with E-state index in [-0.39, 0.29) is 0 Å². The van der Waals surface area contributed by atoms with Crippen molar-refractivity contribution in [2.45, 2.75) is 6.54 Å². The van der Waals surface area contributed by atoms with Gasteiger partial charge in [-0.15, -0.1) is 0 Å². The molecule has 0 unspecified atom stereocenters. The van der Waals surface area contributed by atoms with Crippen molar-refractivity contribution in [3.05, 3.63) is 115 Å². The van der Waals surface area contributed by atoms with Crippen LogP contribution in [0.2, 0.25) is 0 Å². The first-order chi connectivity index (χ1) is 15.4. The Morgan fingerprint density at radius 2 is 1.42 bits per heavy atom. The summed E-state index contributed by atoms with van der Waals surface area (Å²) < 4.78 is 7.01. The van der Waals surface area contributed by atoms with Gasteiger partial charge in [-0.2, -0.15) is 4.57 Å². The van der Waals surface area contributed by atoms with Crippen LogP contribution in [0.4, 0.5) is 0 Å². The lowest BCUT2D eigenvalue weighted by atomic mass is 10.1. The molecule has 3 heterocycles. The van der Waals surface area contributed by atoms with Crippen molar-refractivity contribution in [2.24, 2.45) is 0 Å². The van der Waals surface area contributed by atoms with E-state index in [1.807, 2.05) is 0 Å². The molecule has 0 spiro atoms. The molecule has 0 amide bonds. The number of hydrogen-bond donors (Lipinski definition) is 0. The smallest absolute Gasteiger partial charge is 0.294 e. The predicted octanol–water partition coefficient (Wildman–Crippen LogP) is 5.89. The van der Waals surface area contributed by atoms with Crippen LogP contribution in [0, 0.1) is 0 Å². The van der Waals surface area contributed by atoms with Crippen molar-refractivity contribution in [1.29, 1.82) is 0 Å². The maximum Gasteiger partial charge on any atom is 0.294 e. The minimum absolute atomic E-state index is 0.939. The molecular weight excluding hydrogens is 378 g/mol. The normalized spacial score (nSPS) is 12.4. The fourth-order valence-electron chi connectivity index (χ4n) is 5.07. The number of benzene rings is 4. The van der Waals surface area contributed by atoms with Crippen LogP contribution in [0.1, 0.15) is 5.56 Å². The van der Waals surface area contributed by atoms with Crippen molar-refractivity contribution in [3.63, 3.8) is 0 Å². The molecule has 1 aliphatic rings. The number of para-hydroxylation sites is 2. The summed E-state index contributed by atoms with van der Waals surface area (Å²) in [4.78, 5) is 0. The van der Waals surface area contributed by atoms with Gasteiger partial charge in [0.1, 0.15) is 24.6 Å². The van der Waals surface area contributed by atoms with Gasteiger partial charge in [-0.05, 0) is 42.5 Å². The first-order valence-electron chi connectivity index (χ1n) is 10.7. The van der Waals surface area contributed by atoms with Gasteiger partial charge in [0, 0.05) is 22.0 Å². The predicted molar refractivity (Wildman–Crippen MR) is 125 cm³/mol. The zero-order chi connectivity index (χ0) is 20.4. The number of aromatic nitrogens is 3. The van der Waals surface area contributed by atoms with Crippen molar-refractivity contribution < 1.29 is 4.57 Å². The van der Waals surface area contributed by atoms with Crippen LogP contribution in [0.5, 0.6) is 0 Å². The van der Waals surface area contributed by atoms with Crippen LogP contribution < -0.4 is 4.57 Å². The monoisotopic (exact) mass is 398 g/mol. The average Bonchev–Trinajstić information content (AvgIpc) is 3.49. The topological polar surface area (TPSA) is 13.7 Å². The van der Waals surface area contributed by atoms with Gasteiger partial charge in [0.15, 0.2) is 0 Å². The van der Waals surface area contributed by atoms with E-state index >= 15 is 0 Å². The van der Waals surface area contributed by atoms with Crippen molar-refractivity contribution in [2.75, 3.05) is 0 Å². The maximum atomic E-state index is 2.36. The first kappa shape index (κ1) is 16.7. The van der Waals surface area contributed by atoms with Crippen LogP contribution in [-0.2, 0) is 6.54 Å². The van der Waals surface area contributed by atoms with Gasteiger partial charge in [0.05, 0.1) is 16.6 Å². The molecule has 0 saturated carbocycles. The molecule has 7 rings (SSSR count). The summed E-state index contributed by atoms with van der Waals surface area (Å²) in [5, 5.41) is 2.55. The highest BCUT2D eigenvalue weighted by molar-refractivity contribution is 6.09. The summed E-state index contributed by atoms with van der Waals surface area (Å²) >= 11 is 0. The zero-order valence-electron chi connectivity index (χ0n) is 16.9. The van der Waals surface area contributed by atoms with E-state index in [0.717, 1.165) is 6.54 Å². The standard InChI is InChI=1S/C28H20N3/c1-2-9-21(10-3-1)31-26-13-7-6-12-24(26)25-18-22(14-15-27(25)31)30-17-16-29-19-20-8-4-5-11-23(20)28(29)30/h1-18H,19H2/q+1. The molecule has 31 heavy (non-hydrogen) atoms. The van der Waals surface area contributed by atoms with E-state index in [4.69, 9.17) is 0 Å². The summed E-state index contributed by atoms with van der Waals surface area (Å²) in [6.45, 7) is 0.939. The number of nitrogens with zero attached hydrogens (tertiary/aromatic N) is 3. The molecule has 0 bridgehead atoms. The van der Waals surface area contributed by atoms with Crippen molar-refractivity contribution in [3.8, 4) is 22.8 Å². The molecule has 3 heteroatoms. The van der Waals surface area contributed by atoms with Crippen LogP contribution in [0.15, 0.2) is 109 Å². The quantitative estimate of drug-likeness (QED) is 0.322. The molecule has 0 fully saturated rings. The number of rotatable bonds is 2. The summed E-state index contributed by atoms with van der Waals surface area (Å²) in [5.74, 6) is 1.25. The highest BCUT2D eigenvalue weighted by atomic mass is 15.2. The summed E-state index contributed by atoms with van der Waals surface area (Å²) in [6.07, 6.45) is 4.37. The number of fused-ring (bicyclic) bond motifs is 6. The lowest BCUT2D eigenvalue weighted by molar-refractivity contribution is -0.671. The minimum atomic E-state index is 0.939. The van der Waals surface area contributed by atoms with E-state index in [1.165, 1.54) is 50.1 Å². The summed E-state index contributed by atoms with van der Waals surface area (Å²) in [6, 6.07) is 34.8. The van der Waals surface area contributed by atoms with Crippen molar-refractivity contribution in [1.82, 2.24) is 9.13 Å². The van der Waals surface area contributed by atoms with Gasteiger partial charge in [-0.25, -0.2) is 4.57 Å². The van der Waals surface area contributed by atoms with Crippen LogP contribution in [0.3, 0.4) is 0 Å². The molecule has 3 nitrogen and oxygen atoms in total. The molecule has 2 aromatic heterocycles. The third-order valence-electron chi connectivity index (χ3n) is 6.44. The Hall–Kier alpha value is -4.11. The van der Waals surface area contributed by atoms with Gasteiger partial charge < -0.3 is 4.57 Å². The van der Waals surface area contributed by atoms with Crippen LogP contribution in [-0.4, -0.2) is 9.13 Å². The second-order valence-corrected chi connectivity index (χ2v) is 8.17. The number of hydrogen-bond acceptors (Lipinski definition) is 0.